The number of hydrogen-bond acceptors (Lipinski definition) is 8. The number of amides is 4. The van der Waals surface area contributed by atoms with Gasteiger partial charge in [-0.05, 0) is 43.0 Å². The molecule has 0 heterocycles. The Morgan fingerprint density at radius 2 is 1.35 bits per heavy atom. The average molecular weight is 558 g/mol. The number of nitrogens with two attached hydrogens (primary N) is 2. The van der Waals surface area contributed by atoms with E-state index in [-0.39, 0.29) is 31.4 Å². The third kappa shape index (κ3) is 10.3. The lowest BCUT2D eigenvalue weighted by Crippen LogP contribution is -2.58. The molecule has 2 rings (SSSR count). The number of rotatable bonds is 15. The summed E-state index contributed by atoms with van der Waals surface area (Å²) in [5.74, 6) is -4.60. The Morgan fingerprint density at radius 1 is 0.800 bits per heavy atom. The zero-order valence-corrected chi connectivity index (χ0v) is 21.9. The van der Waals surface area contributed by atoms with Crippen molar-refractivity contribution < 1.29 is 39.3 Å². The average Bonchev–Trinajstić information content (AvgIpc) is 2.90. The monoisotopic (exact) mass is 557 g/mol. The summed E-state index contributed by atoms with van der Waals surface area (Å²) in [4.78, 5) is 62.0. The van der Waals surface area contributed by atoms with Gasteiger partial charge in [-0.25, -0.2) is 4.79 Å². The van der Waals surface area contributed by atoms with Crippen LogP contribution in [0.1, 0.15) is 30.9 Å². The Morgan fingerprint density at radius 3 is 1.90 bits per heavy atom. The highest BCUT2D eigenvalue weighted by Gasteiger charge is 2.32. The first-order valence-electron chi connectivity index (χ1n) is 12.5. The maximum Gasteiger partial charge on any atom is 0.328 e. The first kappa shape index (κ1) is 31.7. The molecule has 0 saturated heterocycles. The number of benzene rings is 2. The summed E-state index contributed by atoms with van der Waals surface area (Å²) >= 11 is 0. The van der Waals surface area contributed by atoms with Crippen molar-refractivity contribution in [3.8, 4) is 5.75 Å². The number of carboxylic acid groups (broad SMARTS) is 1. The number of primary amides is 1. The minimum Gasteiger partial charge on any atom is -0.508 e. The fourth-order valence-corrected chi connectivity index (χ4v) is 3.79. The van der Waals surface area contributed by atoms with E-state index in [4.69, 9.17) is 11.5 Å². The van der Waals surface area contributed by atoms with Crippen LogP contribution in [0.3, 0.4) is 0 Å². The lowest BCUT2D eigenvalue weighted by atomic mass is 10.0. The second-order valence-electron chi connectivity index (χ2n) is 9.36. The first-order valence-corrected chi connectivity index (χ1v) is 12.5. The maximum atomic E-state index is 13.4. The van der Waals surface area contributed by atoms with Gasteiger partial charge in [0.15, 0.2) is 6.04 Å². The summed E-state index contributed by atoms with van der Waals surface area (Å²) in [7, 11) is 0. The molecule has 5 unspecified atom stereocenters. The Kier molecular flexibility index (Phi) is 12.0. The number of hydrogen-bond donors (Lipinski definition) is 8. The summed E-state index contributed by atoms with van der Waals surface area (Å²) in [5.41, 5.74) is 12.6. The van der Waals surface area contributed by atoms with Crippen molar-refractivity contribution in [2.24, 2.45) is 11.5 Å². The molecule has 0 bridgehead atoms. The minimum atomic E-state index is -1.67. The Labute approximate surface area is 230 Å². The van der Waals surface area contributed by atoms with E-state index in [0.29, 0.717) is 11.1 Å². The van der Waals surface area contributed by atoms with Crippen LogP contribution >= 0.6 is 0 Å². The number of carbonyl (C=O) groups excluding carboxylic acids is 4. The topological polar surface area (TPSA) is 234 Å². The van der Waals surface area contributed by atoms with Crippen molar-refractivity contribution >= 4 is 29.6 Å². The molecule has 13 nitrogen and oxygen atoms in total. The van der Waals surface area contributed by atoms with E-state index in [0.717, 1.165) is 0 Å². The molecule has 0 aliphatic rings. The summed E-state index contributed by atoms with van der Waals surface area (Å²) in [6.07, 6.45) is -1.87. The van der Waals surface area contributed by atoms with Gasteiger partial charge in [-0.2, -0.15) is 0 Å². The standard InChI is InChI=1S/C27H35N5O8/c1-15(33)23(27(39)40)32-25(37)20(11-12-22(29)35)30-26(38)21(14-16-5-3-2-4-6-16)31-24(36)19(28)13-17-7-9-18(34)10-8-17/h2-10,15,19-21,23,33-34H,11-14,28H2,1H3,(H2,29,35)(H,30,38)(H,31,36)(H,32,37)(H,39,40). The van der Waals surface area contributed by atoms with E-state index >= 15 is 0 Å². The number of aliphatic carboxylic acids is 1. The van der Waals surface area contributed by atoms with Gasteiger partial charge in [0.05, 0.1) is 12.1 Å². The first-order chi connectivity index (χ1) is 18.9. The van der Waals surface area contributed by atoms with Gasteiger partial charge in [0.2, 0.25) is 23.6 Å². The lowest BCUT2D eigenvalue weighted by molar-refractivity contribution is -0.145. The molecule has 0 radical (unpaired) electrons. The number of aromatic hydroxyl groups is 1. The van der Waals surface area contributed by atoms with Crippen molar-refractivity contribution in [3.63, 3.8) is 0 Å². The number of phenols is 1. The molecule has 0 saturated carbocycles. The Hall–Kier alpha value is -4.49. The largest absolute Gasteiger partial charge is 0.508 e. The van der Waals surface area contributed by atoms with Crippen molar-refractivity contribution in [3.05, 3.63) is 65.7 Å². The molecule has 10 N–H and O–H groups in total. The number of aliphatic hydroxyl groups is 1. The van der Waals surface area contributed by atoms with E-state index in [1.54, 1.807) is 42.5 Å². The van der Waals surface area contributed by atoms with Gasteiger partial charge in [-0.15, -0.1) is 0 Å². The molecule has 0 spiro atoms. The Balaban J connectivity index is 2.23. The molecule has 0 aliphatic heterocycles. The van der Waals surface area contributed by atoms with Crippen LogP contribution in [-0.4, -0.2) is 75.2 Å². The molecule has 13 heteroatoms. The van der Waals surface area contributed by atoms with Crippen LogP contribution in [-0.2, 0) is 36.8 Å². The van der Waals surface area contributed by atoms with Crippen LogP contribution in [0.15, 0.2) is 54.6 Å². The predicted octanol–water partition coefficient (Wildman–Crippen LogP) is -1.31. The smallest absolute Gasteiger partial charge is 0.328 e. The molecule has 40 heavy (non-hydrogen) atoms. The second kappa shape index (κ2) is 15.2. The predicted molar refractivity (Wildman–Crippen MR) is 143 cm³/mol. The quantitative estimate of drug-likeness (QED) is 0.130. The van der Waals surface area contributed by atoms with Gasteiger partial charge >= 0.3 is 5.97 Å². The second-order valence-corrected chi connectivity index (χ2v) is 9.36. The number of carboxylic acids is 1. The molecule has 0 aromatic heterocycles. The number of phenolic OH excluding ortho intramolecular Hbond substituents is 1. The fraction of sp³-hybridized carbons (Fsp3) is 0.370. The van der Waals surface area contributed by atoms with Gasteiger partial charge < -0.3 is 42.7 Å². The zero-order valence-electron chi connectivity index (χ0n) is 21.9. The highest BCUT2D eigenvalue weighted by atomic mass is 16.4. The summed E-state index contributed by atoms with van der Waals surface area (Å²) in [6.45, 7) is 1.17. The highest BCUT2D eigenvalue weighted by molar-refractivity contribution is 5.94. The van der Waals surface area contributed by atoms with Crippen molar-refractivity contribution in [1.29, 1.82) is 0 Å². The zero-order chi connectivity index (χ0) is 29.8. The van der Waals surface area contributed by atoms with Crippen LogP contribution in [0.25, 0.3) is 0 Å². The number of carbonyl (C=O) groups is 5. The molecule has 216 valence electrons. The molecule has 0 fully saturated rings. The van der Waals surface area contributed by atoms with E-state index in [1.807, 2.05) is 0 Å². The third-order valence-corrected chi connectivity index (χ3v) is 6.00. The molecular formula is C27H35N5O8. The highest BCUT2D eigenvalue weighted by Crippen LogP contribution is 2.12. The summed E-state index contributed by atoms with van der Waals surface area (Å²) < 4.78 is 0. The van der Waals surface area contributed by atoms with Gasteiger partial charge in [-0.3, -0.25) is 19.2 Å². The Bertz CT molecular complexity index is 1170. The van der Waals surface area contributed by atoms with E-state index in [9.17, 15) is 39.3 Å². The molecule has 5 atom stereocenters. The minimum absolute atomic E-state index is 0.0277. The third-order valence-electron chi connectivity index (χ3n) is 6.00. The number of aliphatic hydroxyl groups excluding tert-OH is 1. The van der Waals surface area contributed by atoms with Crippen LogP contribution in [0.5, 0.6) is 5.75 Å². The van der Waals surface area contributed by atoms with Gasteiger partial charge in [-0.1, -0.05) is 42.5 Å². The molecule has 4 amide bonds. The van der Waals surface area contributed by atoms with Gasteiger partial charge in [0.1, 0.15) is 17.8 Å². The lowest BCUT2D eigenvalue weighted by Gasteiger charge is -2.26. The van der Waals surface area contributed by atoms with Crippen molar-refractivity contribution in [2.75, 3.05) is 0 Å². The van der Waals surface area contributed by atoms with E-state index < -0.39 is 59.9 Å². The van der Waals surface area contributed by atoms with Crippen LogP contribution < -0.4 is 27.4 Å². The molecule has 2 aromatic rings. The molecule has 2 aromatic carbocycles. The number of nitrogens with one attached hydrogen (secondary N) is 3. The maximum absolute atomic E-state index is 13.4. The summed E-state index contributed by atoms with van der Waals surface area (Å²) in [5, 5.41) is 35.7. The SMILES string of the molecule is CC(O)C(NC(=O)C(CCC(N)=O)NC(=O)C(Cc1ccccc1)NC(=O)C(N)Cc1ccc(O)cc1)C(=O)O. The van der Waals surface area contributed by atoms with Gasteiger partial charge in [0, 0.05) is 12.8 Å². The van der Waals surface area contributed by atoms with Gasteiger partial charge in [0.25, 0.3) is 0 Å². The van der Waals surface area contributed by atoms with E-state index in [1.165, 1.54) is 19.1 Å². The van der Waals surface area contributed by atoms with Crippen LogP contribution in [0.2, 0.25) is 0 Å². The van der Waals surface area contributed by atoms with Crippen LogP contribution in [0.4, 0.5) is 0 Å². The fourth-order valence-electron chi connectivity index (χ4n) is 3.79. The molecule has 0 aliphatic carbocycles. The van der Waals surface area contributed by atoms with Crippen molar-refractivity contribution in [1.82, 2.24) is 16.0 Å². The summed E-state index contributed by atoms with van der Waals surface area (Å²) in [6, 6.07) is 9.54. The van der Waals surface area contributed by atoms with Crippen molar-refractivity contribution in [2.45, 2.75) is 62.9 Å². The van der Waals surface area contributed by atoms with E-state index in [2.05, 4.69) is 16.0 Å². The normalized spacial score (nSPS) is 14.6. The van der Waals surface area contributed by atoms with Crippen LogP contribution in [0, 0.1) is 0 Å². The molecular weight excluding hydrogens is 522 g/mol.